The molecule has 0 radical (unpaired) electrons. The number of anilines is 1. The van der Waals surface area contributed by atoms with Crippen molar-refractivity contribution in [1.29, 1.82) is 0 Å². The van der Waals surface area contributed by atoms with E-state index in [1.54, 1.807) is 18.2 Å². The lowest BCUT2D eigenvalue weighted by Gasteiger charge is -2.01. The van der Waals surface area contributed by atoms with Gasteiger partial charge < -0.3 is 10.5 Å². The number of rotatable bonds is 1. The molecule has 0 saturated heterocycles. The fourth-order valence-electron chi connectivity index (χ4n) is 1.10. The van der Waals surface area contributed by atoms with Crippen molar-refractivity contribution in [3.8, 4) is 11.8 Å². The van der Waals surface area contributed by atoms with Crippen molar-refractivity contribution >= 4 is 24.3 Å². The van der Waals surface area contributed by atoms with Gasteiger partial charge in [-0.1, -0.05) is 11.8 Å². The van der Waals surface area contributed by atoms with Gasteiger partial charge in [-0.2, -0.15) is 12.6 Å². The highest BCUT2D eigenvalue weighted by Gasteiger charge is 2.06. The van der Waals surface area contributed by atoms with Gasteiger partial charge in [0.25, 0.3) is 0 Å². The number of nitrogen functional groups attached to an aromatic ring is 1. The second-order valence-corrected chi connectivity index (χ2v) is 3.11. The minimum Gasteiger partial charge on any atom is -0.465 e. The van der Waals surface area contributed by atoms with E-state index in [0.29, 0.717) is 22.6 Å². The van der Waals surface area contributed by atoms with Crippen LogP contribution >= 0.6 is 12.6 Å². The summed E-state index contributed by atoms with van der Waals surface area (Å²) < 4.78 is 4.59. The summed E-state index contributed by atoms with van der Waals surface area (Å²) in [6.07, 6.45) is 0. The largest absolute Gasteiger partial charge is 0.465 e. The van der Waals surface area contributed by atoms with Gasteiger partial charge in [-0.3, -0.25) is 0 Å². The molecule has 0 atom stereocenters. The molecule has 0 unspecified atom stereocenters. The third-order valence-corrected chi connectivity index (χ3v) is 1.85. The lowest BCUT2D eigenvalue weighted by Crippen LogP contribution is -2.02. The molecule has 1 aromatic rings. The number of carbonyl (C=O) groups is 1. The van der Waals surface area contributed by atoms with Crippen molar-refractivity contribution in [3.63, 3.8) is 0 Å². The Hall–Kier alpha value is -1.60. The molecule has 3 nitrogen and oxygen atoms in total. The standard InChI is InChI=1S/C11H11NO2S/c1-14-11(13)9-5-8(3-2-4-15)6-10(12)7-9/h5-7,15H,4,12H2,1H3. The van der Waals surface area contributed by atoms with Crippen molar-refractivity contribution in [3.05, 3.63) is 29.3 Å². The van der Waals surface area contributed by atoms with E-state index in [0.717, 1.165) is 0 Å². The number of hydrogen-bond acceptors (Lipinski definition) is 4. The molecule has 0 spiro atoms. The molecule has 1 rings (SSSR count). The van der Waals surface area contributed by atoms with Crippen LogP contribution in [0, 0.1) is 11.8 Å². The fraction of sp³-hybridized carbons (Fsp3) is 0.182. The minimum atomic E-state index is -0.420. The van der Waals surface area contributed by atoms with E-state index in [-0.39, 0.29) is 0 Å². The van der Waals surface area contributed by atoms with E-state index in [9.17, 15) is 4.79 Å². The first kappa shape index (κ1) is 11.5. The fourth-order valence-corrected chi connectivity index (χ4v) is 1.18. The van der Waals surface area contributed by atoms with Crippen LogP contribution in [0.2, 0.25) is 0 Å². The molecule has 0 heterocycles. The zero-order chi connectivity index (χ0) is 11.3. The van der Waals surface area contributed by atoms with E-state index in [1.165, 1.54) is 7.11 Å². The van der Waals surface area contributed by atoms with Crippen LogP contribution in [0.1, 0.15) is 15.9 Å². The number of ether oxygens (including phenoxy) is 1. The molecule has 2 N–H and O–H groups in total. The van der Waals surface area contributed by atoms with Crippen LogP contribution in [-0.2, 0) is 4.74 Å². The maximum absolute atomic E-state index is 11.3. The van der Waals surface area contributed by atoms with Crippen LogP contribution in [0.15, 0.2) is 18.2 Å². The summed E-state index contributed by atoms with van der Waals surface area (Å²) in [6, 6.07) is 4.89. The van der Waals surface area contributed by atoms with Gasteiger partial charge >= 0.3 is 5.97 Å². The molecule has 0 saturated carbocycles. The maximum Gasteiger partial charge on any atom is 0.337 e. The van der Waals surface area contributed by atoms with Crippen LogP contribution in [0.4, 0.5) is 5.69 Å². The lowest BCUT2D eigenvalue weighted by molar-refractivity contribution is 0.0601. The SMILES string of the molecule is COC(=O)c1cc(N)cc(C#CCS)c1. The number of methoxy groups -OCH3 is 1. The molecule has 0 aliphatic heterocycles. The first-order chi connectivity index (χ1) is 7.17. The van der Waals surface area contributed by atoms with Crippen molar-refractivity contribution < 1.29 is 9.53 Å². The number of carbonyl (C=O) groups excluding carboxylic acids is 1. The Morgan fingerprint density at radius 3 is 2.87 bits per heavy atom. The normalized spacial score (nSPS) is 8.93. The summed E-state index contributed by atoms with van der Waals surface area (Å²) in [5.74, 6) is 5.66. The molecule has 15 heavy (non-hydrogen) atoms. The molecule has 1 aromatic carbocycles. The number of hydrogen-bond donors (Lipinski definition) is 2. The van der Waals surface area contributed by atoms with E-state index < -0.39 is 5.97 Å². The quantitative estimate of drug-likeness (QED) is 0.325. The Kier molecular flexibility index (Phi) is 4.07. The van der Waals surface area contributed by atoms with Gasteiger partial charge in [0.05, 0.1) is 18.4 Å². The molecule has 0 aliphatic carbocycles. The summed E-state index contributed by atoms with van der Waals surface area (Å²) >= 11 is 3.97. The average Bonchev–Trinajstić information content (AvgIpc) is 2.24. The first-order valence-corrected chi connectivity index (χ1v) is 4.89. The summed E-state index contributed by atoms with van der Waals surface area (Å²) in [5, 5.41) is 0. The first-order valence-electron chi connectivity index (χ1n) is 4.26. The van der Waals surface area contributed by atoms with Crippen molar-refractivity contribution in [2.75, 3.05) is 18.6 Å². The zero-order valence-electron chi connectivity index (χ0n) is 8.28. The molecule has 0 amide bonds. The van der Waals surface area contributed by atoms with E-state index >= 15 is 0 Å². The molecule has 0 fully saturated rings. The molecule has 0 aliphatic rings. The predicted molar refractivity (Wildman–Crippen MR) is 62.9 cm³/mol. The molecule has 4 heteroatoms. The summed E-state index contributed by atoms with van der Waals surface area (Å²) in [5.41, 5.74) is 7.20. The molecule has 78 valence electrons. The van der Waals surface area contributed by atoms with E-state index in [2.05, 4.69) is 29.2 Å². The molecule has 0 bridgehead atoms. The minimum absolute atomic E-state index is 0.404. The second-order valence-electron chi connectivity index (χ2n) is 2.80. The van der Waals surface area contributed by atoms with Gasteiger partial charge in [-0.15, -0.1) is 0 Å². The molecule has 0 aromatic heterocycles. The van der Waals surface area contributed by atoms with Crippen LogP contribution in [-0.4, -0.2) is 18.8 Å². The Balaban J connectivity index is 3.10. The topological polar surface area (TPSA) is 52.3 Å². The van der Waals surface area contributed by atoms with Crippen LogP contribution < -0.4 is 5.73 Å². The highest BCUT2D eigenvalue weighted by atomic mass is 32.1. The monoisotopic (exact) mass is 221 g/mol. The summed E-state index contributed by atoms with van der Waals surface area (Å²) in [6.45, 7) is 0. The van der Waals surface area contributed by atoms with Gasteiger partial charge in [-0.05, 0) is 18.2 Å². The Labute approximate surface area is 94.0 Å². The van der Waals surface area contributed by atoms with Crippen molar-refractivity contribution in [2.24, 2.45) is 0 Å². The van der Waals surface area contributed by atoms with Crippen LogP contribution in [0.25, 0.3) is 0 Å². The molecular weight excluding hydrogens is 210 g/mol. The van der Waals surface area contributed by atoms with Crippen molar-refractivity contribution in [1.82, 2.24) is 0 Å². The van der Waals surface area contributed by atoms with Crippen LogP contribution in [0.3, 0.4) is 0 Å². The highest BCUT2D eigenvalue weighted by molar-refractivity contribution is 7.80. The van der Waals surface area contributed by atoms with Gasteiger partial charge in [0.2, 0.25) is 0 Å². The summed E-state index contributed by atoms with van der Waals surface area (Å²) in [7, 11) is 1.32. The smallest absolute Gasteiger partial charge is 0.337 e. The van der Waals surface area contributed by atoms with E-state index in [1.807, 2.05) is 0 Å². The second kappa shape index (κ2) is 5.32. The Morgan fingerprint density at radius 2 is 2.27 bits per heavy atom. The summed E-state index contributed by atoms with van der Waals surface area (Å²) in [4.78, 5) is 11.3. The predicted octanol–water partition coefficient (Wildman–Crippen LogP) is 1.34. The maximum atomic E-state index is 11.3. The van der Waals surface area contributed by atoms with E-state index in [4.69, 9.17) is 5.73 Å². The zero-order valence-corrected chi connectivity index (χ0v) is 9.17. The number of benzene rings is 1. The molecular formula is C11H11NO2S. The Bertz CT molecular complexity index is 432. The third kappa shape index (κ3) is 3.22. The lowest BCUT2D eigenvalue weighted by atomic mass is 10.1. The highest BCUT2D eigenvalue weighted by Crippen LogP contribution is 2.12. The number of thiol groups is 1. The Morgan fingerprint density at radius 1 is 1.53 bits per heavy atom. The third-order valence-electron chi connectivity index (χ3n) is 1.69. The van der Waals surface area contributed by atoms with Gasteiger partial charge in [-0.25, -0.2) is 4.79 Å². The average molecular weight is 221 g/mol. The van der Waals surface area contributed by atoms with Crippen molar-refractivity contribution in [2.45, 2.75) is 0 Å². The number of esters is 1. The van der Waals surface area contributed by atoms with Gasteiger partial charge in [0.1, 0.15) is 0 Å². The number of nitrogens with two attached hydrogens (primary N) is 1. The van der Waals surface area contributed by atoms with Gasteiger partial charge in [0, 0.05) is 11.3 Å². The van der Waals surface area contributed by atoms with Gasteiger partial charge in [0.15, 0.2) is 0 Å². The van der Waals surface area contributed by atoms with Crippen LogP contribution in [0.5, 0.6) is 0 Å².